The summed E-state index contributed by atoms with van der Waals surface area (Å²) in [7, 11) is 4.27. The molecule has 1 saturated carbocycles. The number of benzene rings is 2. The van der Waals surface area contributed by atoms with Crippen molar-refractivity contribution in [1.29, 1.82) is 0 Å². The van der Waals surface area contributed by atoms with Gasteiger partial charge in [-0.3, -0.25) is 9.47 Å². The molecule has 0 radical (unpaired) electrons. The number of nitrogens with zero attached hydrogens (tertiary/aromatic N) is 4. The van der Waals surface area contributed by atoms with Crippen LogP contribution in [0.3, 0.4) is 0 Å². The lowest BCUT2D eigenvalue weighted by Crippen LogP contribution is -2.48. The zero-order valence-corrected chi connectivity index (χ0v) is 21.3. The number of para-hydroxylation sites is 1. The van der Waals surface area contributed by atoms with Crippen LogP contribution in [0.1, 0.15) is 32.1 Å². The third-order valence-corrected chi connectivity index (χ3v) is 7.69. The second-order valence-electron chi connectivity index (χ2n) is 10.6. The van der Waals surface area contributed by atoms with Gasteiger partial charge in [-0.1, -0.05) is 37.5 Å². The molecule has 35 heavy (non-hydrogen) atoms. The second kappa shape index (κ2) is 10.9. The fourth-order valence-corrected chi connectivity index (χ4v) is 5.59. The summed E-state index contributed by atoms with van der Waals surface area (Å²) in [5, 5.41) is 3.63. The van der Waals surface area contributed by atoms with E-state index in [1.54, 1.807) is 0 Å². The minimum atomic E-state index is 0.0156. The van der Waals surface area contributed by atoms with E-state index < -0.39 is 0 Å². The van der Waals surface area contributed by atoms with Gasteiger partial charge in [-0.2, -0.15) is 0 Å². The van der Waals surface area contributed by atoms with Crippen LogP contribution in [0.2, 0.25) is 0 Å². The fraction of sp³-hybridized carbons (Fsp3) is 0.536. The maximum atomic E-state index is 13.0. The Kier molecular flexibility index (Phi) is 7.44. The molecular weight excluding hydrogens is 436 g/mol. The Morgan fingerprint density at radius 1 is 1.00 bits per heavy atom. The molecule has 2 aliphatic rings. The van der Waals surface area contributed by atoms with E-state index >= 15 is 0 Å². The highest BCUT2D eigenvalue weighted by Gasteiger charge is 2.23. The first kappa shape index (κ1) is 23.9. The molecule has 3 aromatic rings. The first-order valence-corrected chi connectivity index (χ1v) is 13.3. The van der Waals surface area contributed by atoms with Gasteiger partial charge in [0.25, 0.3) is 0 Å². The average Bonchev–Trinajstić information content (AvgIpc) is 3.17. The molecule has 2 fully saturated rings. The molecular formula is C28H40N6O. The molecule has 5 rings (SSSR count). The van der Waals surface area contributed by atoms with Gasteiger partial charge < -0.3 is 20.1 Å². The van der Waals surface area contributed by atoms with Crippen molar-refractivity contribution in [2.45, 2.75) is 38.6 Å². The van der Waals surface area contributed by atoms with Crippen molar-refractivity contribution in [2.24, 2.45) is 5.92 Å². The summed E-state index contributed by atoms with van der Waals surface area (Å²) in [6, 6.07) is 14.7. The van der Waals surface area contributed by atoms with Crippen LogP contribution in [-0.4, -0.2) is 72.7 Å². The molecule has 0 unspecified atom stereocenters. The maximum absolute atomic E-state index is 13.0. The predicted octanol–water partition coefficient (Wildman–Crippen LogP) is 4.34. The van der Waals surface area contributed by atoms with Gasteiger partial charge in [-0.15, -0.1) is 0 Å². The van der Waals surface area contributed by atoms with E-state index in [0.29, 0.717) is 5.92 Å². The van der Waals surface area contributed by atoms with E-state index in [0.717, 1.165) is 68.2 Å². The van der Waals surface area contributed by atoms with Crippen LogP contribution >= 0.6 is 0 Å². The molecule has 7 heteroatoms. The van der Waals surface area contributed by atoms with Crippen molar-refractivity contribution < 1.29 is 0 Å². The van der Waals surface area contributed by atoms with Crippen molar-refractivity contribution in [3.63, 3.8) is 0 Å². The Balaban J connectivity index is 1.45. The largest absolute Gasteiger partial charge is 0.367 e. The van der Waals surface area contributed by atoms with Gasteiger partial charge >= 0.3 is 5.69 Å². The van der Waals surface area contributed by atoms with E-state index in [1.165, 1.54) is 37.8 Å². The topological polar surface area (TPSA) is 59.5 Å². The van der Waals surface area contributed by atoms with E-state index in [-0.39, 0.29) is 5.69 Å². The van der Waals surface area contributed by atoms with Gasteiger partial charge in [0.2, 0.25) is 0 Å². The summed E-state index contributed by atoms with van der Waals surface area (Å²) in [4.78, 5) is 23.4. The van der Waals surface area contributed by atoms with E-state index in [9.17, 15) is 4.79 Å². The number of imidazole rings is 1. The van der Waals surface area contributed by atoms with Gasteiger partial charge in [0.05, 0.1) is 22.4 Å². The first-order valence-electron chi connectivity index (χ1n) is 13.3. The normalized spacial score (nSPS) is 18.0. The highest BCUT2D eigenvalue weighted by molar-refractivity contribution is 5.90. The smallest absolute Gasteiger partial charge is 0.326 e. The number of likely N-dealkylation sites (N-methyl/N-ethyl adjacent to an activating group) is 1. The highest BCUT2D eigenvalue weighted by atomic mass is 16.1. The number of rotatable bonds is 8. The molecule has 0 spiro atoms. The van der Waals surface area contributed by atoms with Gasteiger partial charge in [-0.05, 0) is 57.1 Å². The monoisotopic (exact) mass is 476 g/mol. The molecule has 2 heterocycles. The van der Waals surface area contributed by atoms with Crippen molar-refractivity contribution in [1.82, 2.24) is 19.4 Å². The molecule has 2 aromatic carbocycles. The molecule has 1 aromatic heterocycles. The Hall–Kier alpha value is -2.77. The number of piperazine rings is 1. The van der Waals surface area contributed by atoms with Gasteiger partial charge in [-0.25, -0.2) is 4.79 Å². The van der Waals surface area contributed by atoms with Crippen LogP contribution < -0.4 is 15.9 Å². The van der Waals surface area contributed by atoms with Crippen LogP contribution in [0.5, 0.6) is 0 Å². The Labute approximate surface area is 208 Å². The van der Waals surface area contributed by atoms with Crippen LogP contribution in [0, 0.1) is 5.92 Å². The van der Waals surface area contributed by atoms with E-state index in [2.05, 4.69) is 63.4 Å². The number of anilines is 3. The molecule has 1 aliphatic heterocycles. The number of aromatic amines is 1. The van der Waals surface area contributed by atoms with Crippen LogP contribution in [-0.2, 0) is 6.54 Å². The maximum Gasteiger partial charge on any atom is 0.326 e. The Bertz CT molecular complexity index is 1150. The molecule has 0 atom stereocenters. The number of hydrogen-bond donors (Lipinski definition) is 2. The third-order valence-electron chi connectivity index (χ3n) is 7.69. The molecule has 7 nitrogen and oxygen atoms in total. The standard InChI is InChI=1S/C28H40N6O/c1-31(2)13-14-32-15-17-33(18-16-32)26-20-27-25(19-24(26)29-23-11-7-4-8-12-23)30-28(35)34(27)21-22-9-5-3-6-10-22/h4,7-8,11-12,19-20,22,29H,3,5-6,9-10,13-18,21H2,1-2H3,(H,30,35). The summed E-state index contributed by atoms with van der Waals surface area (Å²) in [6.07, 6.45) is 6.37. The molecule has 0 amide bonds. The molecule has 0 bridgehead atoms. The van der Waals surface area contributed by atoms with Crippen LogP contribution in [0.15, 0.2) is 47.3 Å². The van der Waals surface area contributed by atoms with Gasteiger partial charge in [0.1, 0.15) is 0 Å². The summed E-state index contributed by atoms with van der Waals surface area (Å²) in [5.74, 6) is 0.603. The highest BCUT2D eigenvalue weighted by Crippen LogP contribution is 2.34. The number of aromatic nitrogens is 2. The fourth-order valence-electron chi connectivity index (χ4n) is 5.59. The minimum absolute atomic E-state index is 0.0156. The predicted molar refractivity (Wildman–Crippen MR) is 146 cm³/mol. The number of fused-ring (bicyclic) bond motifs is 1. The van der Waals surface area contributed by atoms with Crippen molar-refractivity contribution >= 4 is 28.1 Å². The zero-order valence-electron chi connectivity index (χ0n) is 21.3. The summed E-state index contributed by atoms with van der Waals surface area (Å²) in [6.45, 7) is 7.09. The lowest BCUT2D eigenvalue weighted by atomic mass is 9.89. The summed E-state index contributed by atoms with van der Waals surface area (Å²) in [5.41, 5.74) is 5.26. The van der Waals surface area contributed by atoms with Crippen molar-refractivity contribution in [3.05, 3.63) is 52.9 Å². The number of H-pyrrole nitrogens is 1. The zero-order chi connectivity index (χ0) is 24.2. The lowest BCUT2D eigenvalue weighted by molar-refractivity contribution is 0.229. The molecule has 188 valence electrons. The van der Waals surface area contributed by atoms with E-state index in [4.69, 9.17) is 0 Å². The summed E-state index contributed by atoms with van der Waals surface area (Å²) >= 11 is 0. The van der Waals surface area contributed by atoms with Gasteiger partial charge in [0, 0.05) is 51.5 Å². The van der Waals surface area contributed by atoms with Crippen molar-refractivity contribution in [3.8, 4) is 0 Å². The lowest BCUT2D eigenvalue weighted by Gasteiger charge is -2.37. The number of hydrogen-bond acceptors (Lipinski definition) is 5. The van der Waals surface area contributed by atoms with Crippen LogP contribution in [0.4, 0.5) is 17.1 Å². The van der Waals surface area contributed by atoms with Gasteiger partial charge in [0.15, 0.2) is 0 Å². The Morgan fingerprint density at radius 2 is 1.74 bits per heavy atom. The third kappa shape index (κ3) is 5.73. The van der Waals surface area contributed by atoms with Crippen LogP contribution in [0.25, 0.3) is 11.0 Å². The average molecular weight is 477 g/mol. The summed E-state index contributed by atoms with van der Waals surface area (Å²) < 4.78 is 1.99. The second-order valence-corrected chi connectivity index (χ2v) is 10.6. The van der Waals surface area contributed by atoms with E-state index in [1.807, 2.05) is 22.8 Å². The molecule has 2 N–H and O–H groups in total. The SMILES string of the molecule is CN(C)CCN1CCN(c2cc3c(cc2Nc2ccccc2)[nH]c(=O)n3CC2CCCCC2)CC1. The first-order chi connectivity index (χ1) is 17.1. The number of nitrogens with one attached hydrogen (secondary N) is 2. The quantitative estimate of drug-likeness (QED) is 0.507. The Morgan fingerprint density at radius 3 is 2.46 bits per heavy atom. The molecule has 1 saturated heterocycles. The minimum Gasteiger partial charge on any atom is -0.367 e. The van der Waals surface area contributed by atoms with Crippen molar-refractivity contribution in [2.75, 3.05) is 63.6 Å². The molecule has 1 aliphatic carbocycles.